The molecule has 62 heavy (non-hydrogen) atoms. The predicted octanol–water partition coefficient (Wildman–Crippen LogP) is -2.33. The highest BCUT2D eigenvalue weighted by Gasteiger charge is 2.49. The number of nitrogens with one attached hydrogen (secondary N) is 1. The SMILES string of the molecule is O=C(CCCCCCCCCCCCCCC(=O)ON1C(=O)CCC1=O)NCCOC1OC(CO[C@H]2OC(CO)[C@@H](O)C(O)C2O)CC(O[C@H]2OC(CO)[C@@H](O)C(O)C2O)C1O. The molecule has 0 spiro atoms. The van der Waals surface area contributed by atoms with Gasteiger partial charge in [-0.05, 0) is 12.8 Å². The number of amides is 3. The highest BCUT2D eigenvalue weighted by molar-refractivity contribution is 6.01. The molecule has 0 aromatic carbocycles. The summed E-state index contributed by atoms with van der Waals surface area (Å²) >= 11 is 0. The first kappa shape index (κ1) is 52.1. The molecular formula is C40H68N2O20. The third-order valence-electron chi connectivity index (χ3n) is 11.4. The molecule has 14 atom stereocenters. The monoisotopic (exact) mass is 896 g/mol. The smallest absolute Gasteiger partial charge is 0.333 e. The van der Waals surface area contributed by atoms with Gasteiger partial charge in [0, 0.05) is 38.6 Å². The summed E-state index contributed by atoms with van der Waals surface area (Å²) in [6.07, 6.45) is -8.54. The number of rotatable bonds is 27. The third kappa shape index (κ3) is 15.9. The fourth-order valence-electron chi connectivity index (χ4n) is 7.62. The Morgan fingerprint density at radius 3 is 1.63 bits per heavy atom. The first-order valence-electron chi connectivity index (χ1n) is 21.9. The first-order chi connectivity index (χ1) is 29.7. The minimum absolute atomic E-state index is 0.0747. The quantitative estimate of drug-likeness (QED) is 0.0305. The summed E-state index contributed by atoms with van der Waals surface area (Å²) in [5.41, 5.74) is 0. The van der Waals surface area contributed by atoms with Gasteiger partial charge in [0.25, 0.3) is 11.8 Å². The van der Waals surface area contributed by atoms with Crippen molar-refractivity contribution in [2.24, 2.45) is 0 Å². The lowest BCUT2D eigenvalue weighted by Gasteiger charge is -2.44. The van der Waals surface area contributed by atoms with Gasteiger partial charge in [-0.25, -0.2) is 4.79 Å². The maximum atomic E-state index is 12.5. The molecule has 4 saturated heterocycles. The van der Waals surface area contributed by atoms with E-state index in [1.54, 1.807) is 0 Å². The van der Waals surface area contributed by atoms with Gasteiger partial charge in [-0.2, -0.15) is 0 Å². The number of hydroxylamine groups is 2. The number of ether oxygens (including phenoxy) is 6. The molecular weight excluding hydrogens is 828 g/mol. The molecule has 4 fully saturated rings. The van der Waals surface area contributed by atoms with E-state index in [0.29, 0.717) is 24.3 Å². The number of carbonyl (C=O) groups excluding carboxylic acids is 4. The number of hydrogen-bond acceptors (Lipinski definition) is 20. The second-order valence-electron chi connectivity index (χ2n) is 16.3. The second kappa shape index (κ2) is 27.1. The van der Waals surface area contributed by atoms with Gasteiger partial charge in [-0.3, -0.25) is 14.4 Å². The van der Waals surface area contributed by atoms with Crippen molar-refractivity contribution < 1.29 is 98.4 Å². The molecule has 0 aliphatic carbocycles. The van der Waals surface area contributed by atoms with E-state index < -0.39 is 117 Å². The van der Waals surface area contributed by atoms with Crippen molar-refractivity contribution in [1.29, 1.82) is 0 Å². The predicted molar refractivity (Wildman–Crippen MR) is 208 cm³/mol. The first-order valence-corrected chi connectivity index (χ1v) is 21.9. The van der Waals surface area contributed by atoms with Crippen molar-refractivity contribution >= 4 is 23.7 Å². The van der Waals surface area contributed by atoms with Crippen LogP contribution in [0.4, 0.5) is 0 Å². The molecule has 4 aliphatic rings. The number of aliphatic hydroxyl groups is 9. The van der Waals surface area contributed by atoms with Crippen LogP contribution in [-0.2, 0) is 52.4 Å². The van der Waals surface area contributed by atoms with Crippen LogP contribution in [0.3, 0.4) is 0 Å². The lowest BCUT2D eigenvalue weighted by Crippen LogP contribution is -2.62. The van der Waals surface area contributed by atoms with Crippen molar-refractivity contribution in [3.05, 3.63) is 0 Å². The van der Waals surface area contributed by atoms with E-state index in [9.17, 15) is 65.1 Å². The minimum Gasteiger partial charge on any atom is -0.394 e. The maximum Gasteiger partial charge on any atom is 0.333 e. The van der Waals surface area contributed by atoms with Crippen LogP contribution in [-0.4, -0.2) is 194 Å². The molecule has 4 aliphatic heterocycles. The van der Waals surface area contributed by atoms with Crippen LogP contribution in [0.1, 0.15) is 109 Å². The molecule has 22 nitrogen and oxygen atoms in total. The number of imide groups is 1. The number of nitrogens with zero attached hydrogens (tertiary/aromatic N) is 1. The van der Waals surface area contributed by atoms with Crippen LogP contribution >= 0.6 is 0 Å². The Bertz CT molecular complexity index is 1340. The average molecular weight is 897 g/mol. The summed E-state index contributed by atoms with van der Waals surface area (Å²) in [6.45, 7) is -1.75. The molecule has 4 heterocycles. The zero-order chi connectivity index (χ0) is 45.2. The molecule has 0 radical (unpaired) electrons. The molecule has 0 aromatic heterocycles. The van der Waals surface area contributed by atoms with E-state index in [1.807, 2.05) is 0 Å². The lowest BCUT2D eigenvalue weighted by molar-refractivity contribution is -0.348. The van der Waals surface area contributed by atoms with Gasteiger partial charge in [-0.1, -0.05) is 64.2 Å². The normalized spacial score (nSPS) is 34.1. The Hall–Kier alpha value is -2.52. The summed E-state index contributed by atoms with van der Waals surface area (Å²) in [7, 11) is 0. The van der Waals surface area contributed by atoms with E-state index in [0.717, 1.165) is 64.2 Å². The number of unbranched alkanes of at least 4 members (excludes halogenated alkanes) is 11. The Kier molecular flexibility index (Phi) is 22.8. The third-order valence-corrected chi connectivity index (χ3v) is 11.4. The zero-order valence-corrected chi connectivity index (χ0v) is 35.1. The topological polar surface area (TPSA) is 330 Å². The maximum absolute atomic E-state index is 12.5. The number of hydrogen-bond donors (Lipinski definition) is 10. The van der Waals surface area contributed by atoms with Crippen molar-refractivity contribution in [3.63, 3.8) is 0 Å². The van der Waals surface area contributed by atoms with E-state index in [2.05, 4.69) is 5.32 Å². The summed E-state index contributed by atoms with van der Waals surface area (Å²) < 4.78 is 33.9. The van der Waals surface area contributed by atoms with Crippen molar-refractivity contribution in [2.75, 3.05) is 33.0 Å². The lowest BCUT2D eigenvalue weighted by atomic mass is 9.98. The summed E-state index contributed by atoms with van der Waals surface area (Å²) in [6, 6.07) is 0. The summed E-state index contributed by atoms with van der Waals surface area (Å²) in [5.74, 6) is -1.69. The Morgan fingerprint density at radius 2 is 1.08 bits per heavy atom. The van der Waals surface area contributed by atoms with Crippen LogP contribution < -0.4 is 5.32 Å². The molecule has 0 aromatic rings. The van der Waals surface area contributed by atoms with Crippen molar-refractivity contribution in [1.82, 2.24) is 10.4 Å². The second-order valence-corrected chi connectivity index (χ2v) is 16.3. The fourth-order valence-corrected chi connectivity index (χ4v) is 7.62. The molecule has 0 bridgehead atoms. The molecule has 10 N–H and O–H groups in total. The van der Waals surface area contributed by atoms with Crippen LogP contribution in [0.5, 0.6) is 0 Å². The molecule has 22 heteroatoms. The molecule has 358 valence electrons. The van der Waals surface area contributed by atoms with E-state index >= 15 is 0 Å². The Morgan fingerprint density at radius 1 is 0.597 bits per heavy atom. The van der Waals surface area contributed by atoms with Gasteiger partial charge in [0.2, 0.25) is 5.91 Å². The summed E-state index contributed by atoms with van der Waals surface area (Å²) in [5, 5.41) is 95.1. The molecule has 3 amide bonds. The minimum atomic E-state index is -1.76. The molecule has 4 rings (SSSR count). The summed E-state index contributed by atoms with van der Waals surface area (Å²) in [4.78, 5) is 52.3. The van der Waals surface area contributed by atoms with E-state index in [1.165, 1.54) is 0 Å². The van der Waals surface area contributed by atoms with Gasteiger partial charge < -0.3 is 84.5 Å². The molecule has 0 saturated carbocycles. The average Bonchev–Trinajstić information content (AvgIpc) is 3.57. The van der Waals surface area contributed by atoms with Gasteiger partial charge in [0.1, 0.15) is 54.9 Å². The van der Waals surface area contributed by atoms with Gasteiger partial charge in [0.05, 0.1) is 38.6 Å². The Balaban J connectivity index is 1.08. The number of aliphatic hydroxyl groups excluding tert-OH is 9. The van der Waals surface area contributed by atoms with Crippen molar-refractivity contribution in [2.45, 2.75) is 195 Å². The van der Waals surface area contributed by atoms with E-state index in [4.69, 9.17) is 33.3 Å². The van der Waals surface area contributed by atoms with Crippen LogP contribution in [0.25, 0.3) is 0 Å². The zero-order valence-electron chi connectivity index (χ0n) is 35.1. The highest BCUT2D eigenvalue weighted by Crippen LogP contribution is 2.30. The van der Waals surface area contributed by atoms with Crippen molar-refractivity contribution in [3.8, 4) is 0 Å². The van der Waals surface area contributed by atoms with E-state index in [-0.39, 0.29) is 51.3 Å². The van der Waals surface area contributed by atoms with Crippen LogP contribution in [0.2, 0.25) is 0 Å². The molecule has 10 unspecified atom stereocenters. The largest absolute Gasteiger partial charge is 0.394 e. The highest BCUT2D eigenvalue weighted by atomic mass is 16.7. The van der Waals surface area contributed by atoms with Gasteiger partial charge in [0.15, 0.2) is 18.9 Å². The number of carbonyl (C=O) groups is 4. The van der Waals surface area contributed by atoms with Gasteiger partial charge in [-0.15, -0.1) is 5.06 Å². The van der Waals surface area contributed by atoms with Crippen LogP contribution in [0.15, 0.2) is 0 Å². The standard InChI is InChI=1S/C40H68N2O20/c43-20-25-31(49)34(52)36(54)39(60-25)57-22-23-19-24(59-40-37(55)35(53)32(50)26(21-44)61-40)33(51)38(58-23)56-18-17-41-27(45)13-11-9-7-5-3-1-2-4-6-8-10-12-14-30(48)62-42-28(46)15-16-29(42)47/h23-26,31-40,43-44,49-55H,1-22H2,(H,41,45)/t23?,24?,25?,26?,31-,32-,33?,34?,35?,36?,37?,38?,39+,40+/m1/s1. The fraction of sp³-hybridized carbons (Fsp3) is 0.900. The van der Waals surface area contributed by atoms with Crippen LogP contribution in [0, 0.1) is 0 Å². The van der Waals surface area contributed by atoms with Gasteiger partial charge >= 0.3 is 5.97 Å². The Labute approximate surface area is 360 Å².